The van der Waals surface area contributed by atoms with E-state index in [4.69, 9.17) is 0 Å². The zero-order chi connectivity index (χ0) is 43.5. The Morgan fingerprint density at radius 3 is 1.45 bits per heavy atom. The molecule has 1 aromatic heterocycles. The van der Waals surface area contributed by atoms with Crippen LogP contribution in [0.15, 0.2) is 243 Å². The summed E-state index contributed by atoms with van der Waals surface area (Å²) in [4.78, 5) is 2.41. The monoisotopic (exact) mass is 830 g/mol. The molecular formula is C63H46N2. The number of rotatable bonds is 8. The highest BCUT2D eigenvalue weighted by Crippen LogP contribution is 2.51. The fourth-order valence-electron chi connectivity index (χ4n) is 10.4. The number of fused-ring (bicyclic) bond motifs is 6. The number of aromatic nitrogens is 1. The topological polar surface area (TPSA) is 8.17 Å². The van der Waals surface area contributed by atoms with Crippen molar-refractivity contribution in [3.63, 3.8) is 0 Å². The fourth-order valence-corrected chi connectivity index (χ4v) is 10.4. The molecule has 1 aliphatic carbocycles. The summed E-state index contributed by atoms with van der Waals surface area (Å²) in [6.45, 7) is 4.71. The Hall–Kier alpha value is -8.20. The van der Waals surface area contributed by atoms with Crippen molar-refractivity contribution in [2.75, 3.05) is 4.90 Å². The van der Waals surface area contributed by atoms with Gasteiger partial charge in [-0.15, -0.1) is 0 Å². The second-order valence-electron chi connectivity index (χ2n) is 17.7. The van der Waals surface area contributed by atoms with E-state index in [0.717, 1.165) is 22.7 Å². The molecule has 65 heavy (non-hydrogen) atoms. The van der Waals surface area contributed by atoms with Crippen molar-refractivity contribution in [1.29, 1.82) is 0 Å². The van der Waals surface area contributed by atoms with E-state index in [1.165, 1.54) is 88.6 Å². The molecule has 0 fully saturated rings. The highest BCUT2D eigenvalue weighted by molar-refractivity contribution is 6.20. The highest BCUT2D eigenvalue weighted by atomic mass is 15.1. The van der Waals surface area contributed by atoms with Crippen molar-refractivity contribution in [3.05, 3.63) is 254 Å². The molecule has 0 N–H and O–H groups in total. The maximum absolute atomic E-state index is 2.46. The normalized spacial score (nSPS) is 12.6. The SMILES string of the molecule is CC1(C)c2ccccc2-c2ccc(N(c3ccc(-c4ccccc4)cc3)c3ccc(-c4ccc5c(c4)c4c(-c6ccccc6)ccc(-c6ccccc6)c4n5-c4ccccc4)cc3)cc21. The molecule has 308 valence electrons. The first kappa shape index (κ1) is 38.5. The van der Waals surface area contributed by atoms with E-state index in [2.05, 4.69) is 266 Å². The van der Waals surface area contributed by atoms with Gasteiger partial charge in [-0.2, -0.15) is 0 Å². The van der Waals surface area contributed by atoms with Crippen molar-refractivity contribution >= 4 is 38.9 Å². The van der Waals surface area contributed by atoms with Crippen LogP contribution in [0, 0.1) is 0 Å². The minimum Gasteiger partial charge on any atom is -0.310 e. The molecule has 0 unspecified atom stereocenters. The molecule has 0 spiro atoms. The molecule has 0 aliphatic heterocycles. The average Bonchev–Trinajstić information content (AvgIpc) is 3.83. The number of anilines is 3. The lowest BCUT2D eigenvalue weighted by atomic mass is 9.82. The van der Waals surface area contributed by atoms with Gasteiger partial charge < -0.3 is 9.47 Å². The Kier molecular flexibility index (Phi) is 9.21. The second kappa shape index (κ2) is 15.6. The van der Waals surface area contributed by atoms with Gasteiger partial charge in [-0.05, 0) is 122 Å². The number of para-hydroxylation sites is 1. The van der Waals surface area contributed by atoms with Gasteiger partial charge in [-0.1, -0.05) is 196 Å². The zero-order valence-corrected chi connectivity index (χ0v) is 36.5. The third-order valence-electron chi connectivity index (χ3n) is 13.6. The smallest absolute Gasteiger partial charge is 0.0625 e. The predicted octanol–water partition coefficient (Wildman–Crippen LogP) is 17.2. The lowest BCUT2D eigenvalue weighted by Crippen LogP contribution is -2.16. The average molecular weight is 831 g/mol. The van der Waals surface area contributed by atoms with Gasteiger partial charge in [0, 0.05) is 44.5 Å². The van der Waals surface area contributed by atoms with Crippen LogP contribution < -0.4 is 4.90 Å². The van der Waals surface area contributed by atoms with Gasteiger partial charge in [0.05, 0.1) is 11.0 Å². The minimum atomic E-state index is -0.112. The maximum atomic E-state index is 2.46. The molecule has 12 rings (SSSR count). The number of hydrogen-bond acceptors (Lipinski definition) is 1. The Morgan fingerprint density at radius 2 is 0.800 bits per heavy atom. The molecule has 10 aromatic carbocycles. The van der Waals surface area contributed by atoms with Gasteiger partial charge in [0.15, 0.2) is 0 Å². The van der Waals surface area contributed by atoms with E-state index in [9.17, 15) is 0 Å². The first-order valence-electron chi connectivity index (χ1n) is 22.6. The van der Waals surface area contributed by atoms with Crippen LogP contribution in [0.5, 0.6) is 0 Å². The van der Waals surface area contributed by atoms with Crippen molar-refractivity contribution in [2.24, 2.45) is 0 Å². The first-order valence-corrected chi connectivity index (χ1v) is 22.6. The summed E-state index contributed by atoms with van der Waals surface area (Å²) in [5, 5.41) is 2.48. The van der Waals surface area contributed by atoms with E-state index in [0.29, 0.717) is 0 Å². The lowest BCUT2D eigenvalue weighted by molar-refractivity contribution is 0.660. The summed E-state index contributed by atoms with van der Waals surface area (Å²) in [6, 6.07) is 88.8. The van der Waals surface area contributed by atoms with Crippen LogP contribution in [0.4, 0.5) is 17.1 Å². The Bertz CT molecular complexity index is 3510. The summed E-state index contributed by atoms with van der Waals surface area (Å²) >= 11 is 0. The Labute approximate surface area is 381 Å². The molecule has 0 amide bonds. The third-order valence-corrected chi connectivity index (χ3v) is 13.6. The van der Waals surface area contributed by atoms with Crippen LogP contribution >= 0.6 is 0 Å². The van der Waals surface area contributed by atoms with Crippen LogP contribution in [-0.2, 0) is 5.41 Å². The summed E-state index contributed by atoms with van der Waals surface area (Å²) in [5.74, 6) is 0. The third kappa shape index (κ3) is 6.49. The van der Waals surface area contributed by atoms with Gasteiger partial charge in [-0.25, -0.2) is 0 Å². The van der Waals surface area contributed by atoms with E-state index in [1.807, 2.05) is 0 Å². The fraction of sp³-hybridized carbons (Fsp3) is 0.0476. The van der Waals surface area contributed by atoms with E-state index >= 15 is 0 Å². The number of nitrogens with zero attached hydrogens (tertiary/aromatic N) is 2. The van der Waals surface area contributed by atoms with Crippen LogP contribution in [0.1, 0.15) is 25.0 Å². The van der Waals surface area contributed by atoms with E-state index < -0.39 is 0 Å². The summed E-state index contributed by atoms with van der Waals surface area (Å²) < 4.78 is 2.46. The van der Waals surface area contributed by atoms with Crippen molar-refractivity contribution in [2.45, 2.75) is 19.3 Å². The molecule has 2 nitrogen and oxygen atoms in total. The highest BCUT2D eigenvalue weighted by Gasteiger charge is 2.35. The second-order valence-corrected chi connectivity index (χ2v) is 17.7. The van der Waals surface area contributed by atoms with Gasteiger partial charge in [-0.3, -0.25) is 0 Å². The molecule has 0 bridgehead atoms. The van der Waals surface area contributed by atoms with Crippen LogP contribution in [0.25, 0.3) is 83.1 Å². The Morgan fingerprint density at radius 1 is 0.338 bits per heavy atom. The van der Waals surface area contributed by atoms with Gasteiger partial charge in [0.1, 0.15) is 0 Å². The van der Waals surface area contributed by atoms with Crippen molar-refractivity contribution in [3.8, 4) is 61.3 Å². The van der Waals surface area contributed by atoms with Crippen molar-refractivity contribution < 1.29 is 0 Å². The number of benzene rings is 10. The molecule has 0 saturated heterocycles. The van der Waals surface area contributed by atoms with Gasteiger partial charge in [0.2, 0.25) is 0 Å². The Balaban J connectivity index is 1.01. The molecular weight excluding hydrogens is 785 g/mol. The summed E-state index contributed by atoms with van der Waals surface area (Å²) in [7, 11) is 0. The standard InChI is InChI=1S/C63H46N2/c1-63(2)58-26-16-15-25-55(58)56-37-36-52(42-59(56)63)64(50-32-27-44(28-33-50)43-17-7-3-8-18-43)51-34-29-45(30-35-51)48-31-40-60-57(41-48)61-53(46-19-9-4-10-20-46)38-39-54(47-21-11-5-12-22-47)62(61)65(60)49-23-13-6-14-24-49/h3-42H,1-2H3. The molecule has 1 aliphatic rings. The quantitative estimate of drug-likeness (QED) is 0.148. The molecule has 2 heteroatoms. The summed E-state index contributed by atoms with van der Waals surface area (Å²) in [5.41, 5.74) is 21.8. The lowest BCUT2D eigenvalue weighted by Gasteiger charge is -2.28. The minimum absolute atomic E-state index is 0.112. The largest absolute Gasteiger partial charge is 0.310 e. The molecule has 0 saturated carbocycles. The maximum Gasteiger partial charge on any atom is 0.0625 e. The molecule has 11 aromatic rings. The predicted molar refractivity (Wildman–Crippen MR) is 275 cm³/mol. The van der Waals surface area contributed by atoms with E-state index in [-0.39, 0.29) is 5.41 Å². The molecule has 1 heterocycles. The molecule has 0 atom stereocenters. The summed E-state index contributed by atoms with van der Waals surface area (Å²) in [6.07, 6.45) is 0. The van der Waals surface area contributed by atoms with Gasteiger partial charge >= 0.3 is 0 Å². The van der Waals surface area contributed by atoms with Crippen LogP contribution in [0.2, 0.25) is 0 Å². The van der Waals surface area contributed by atoms with Crippen LogP contribution in [-0.4, -0.2) is 4.57 Å². The zero-order valence-electron chi connectivity index (χ0n) is 36.5. The van der Waals surface area contributed by atoms with Crippen LogP contribution in [0.3, 0.4) is 0 Å². The van der Waals surface area contributed by atoms with Gasteiger partial charge in [0.25, 0.3) is 0 Å². The van der Waals surface area contributed by atoms with E-state index in [1.54, 1.807) is 0 Å². The first-order chi connectivity index (χ1) is 32.0. The molecule has 0 radical (unpaired) electrons. The van der Waals surface area contributed by atoms with Crippen molar-refractivity contribution in [1.82, 2.24) is 4.57 Å². The number of hydrogen-bond donors (Lipinski definition) is 0.